The van der Waals surface area contributed by atoms with E-state index in [0.717, 1.165) is 81.8 Å². The van der Waals surface area contributed by atoms with Crippen LogP contribution in [0, 0.1) is 11.3 Å². The van der Waals surface area contributed by atoms with Gasteiger partial charge in [0.2, 0.25) is 0 Å². The van der Waals surface area contributed by atoms with Crippen LogP contribution < -0.4 is 0 Å². The molecule has 2 unspecified atom stereocenters. The molecule has 1 heterocycles. The van der Waals surface area contributed by atoms with Gasteiger partial charge in [0.15, 0.2) is 14.6 Å². The van der Waals surface area contributed by atoms with Crippen LogP contribution in [0.4, 0.5) is 0 Å². The second kappa shape index (κ2) is 20.4. The number of carboxylic acids is 1. The van der Waals surface area contributed by atoms with E-state index >= 15 is 0 Å². The van der Waals surface area contributed by atoms with Crippen molar-refractivity contribution in [3.8, 4) is 11.1 Å². The molecule has 1 aliphatic carbocycles. The van der Waals surface area contributed by atoms with Crippen molar-refractivity contribution in [3.63, 3.8) is 0 Å². The highest BCUT2D eigenvalue weighted by atomic mass is 28.4. The van der Waals surface area contributed by atoms with Crippen molar-refractivity contribution < 1.29 is 33.3 Å². The van der Waals surface area contributed by atoms with E-state index in [4.69, 9.17) is 18.6 Å². The first-order chi connectivity index (χ1) is 25.2. The molecule has 2 fully saturated rings. The maximum atomic E-state index is 13.9. The summed E-state index contributed by atoms with van der Waals surface area (Å²) < 4.78 is 26.7. The van der Waals surface area contributed by atoms with Gasteiger partial charge in [-0.15, -0.1) is 0 Å². The molecule has 0 bridgehead atoms. The van der Waals surface area contributed by atoms with Gasteiger partial charge in [0, 0.05) is 31.0 Å². The summed E-state index contributed by atoms with van der Waals surface area (Å²) in [6.45, 7) is 16.9. The Morgan fingerprint density at radius 3 is 2.26 bits per heavy atom. The van der Waals surface area contributed by atoms with Crippen molar-refractivity contribution >= 4 is 20.3 Å². The molecule has 0 aromatic heterocycles. The molecular formula is C45H70O7Si. The van der Waals surface area contributed by atoms with Gasteiger partial charge >= 0.3 is 11.9 Å². The summed E-state index contributed by atoms with van der Waals surface area (Å²) in [7, 11) is -2.00. The number of unbranched alkanes of at least 4 members (excludes halogenated alkanes) is 5. The van der Waals surface area contributed by atoms with E-state index in [0.29, 0.717) is 25.0 Å². The number of esters is 1. The topological polar surface area (TPSA) is 91.3 Å². The Bertz CT molecular complexity index is 1380. The Morgan fingerprint density at radius 1 is 0.925 bits per heavy atom. The Kier molecular flexibility index (Phi) is 16.6. The summed E-state index contributed by atoms with van der Waals surface area (Å²) in [5.74, 6) is -0.883. The molecule has 7 nitrogen and oxygen atoms in total. The van der Waals surface area contributed by atoms with E-state index in [2.05, 4.69) is 59.8 Å². The summed E-state index contributed by atoms with van der Waals surface area (Å²) in [5, 5.41) is 9.30. The van der Waals surface area contributed by atoms with E-state index in [1.54, 1.807) is 0 Å². The number of carboxylic acid groups (broad SMARTS) is 1. The van der Waals surface area contributed by atoms with Gasteiger partial charge in [0.1, 0.15) is 6.10 Å². The lowest BCUT2D eigenvalue weighted by molar-refractivity contribution is -0.198. The van der Waals surface area contributed by atoms with Crippen LogP contribution in [0.5, 0.6) is 0 Å². The minimum atomic E-state index is -2.00. The van der Waals surface area contributed by atoms with Gasteiger partial charge in [-0.3, -0.25) is 4.79 Å². The van der Waals surface area contributed by atoms with Crippen LogP contribution in [0.1, 0.15) is 148 Å². The summed E-state index contributed by atoms with van der Waals surface area (Å²) >= 11 is 0. The van der Waals surface area contributed by atoms with E-state index in [1.807, 2.05) is 42.5 Å². The number of carbonyl (C=O) groups is 2. The average molecular weight is 751 g/mol. The molecule has 2 aromatic rings. The van der Waals surface area contributed by atoms with Crippen LogP contribution in [-0.2, 0) is 23.4 Å². The molecule has 0 spiro atoms. The van der Waals surface area contributed by atoms with Crippen molar-refractivity contribution in [1.82, 2.24) is 0 Å². The second-order valence-corrected chi connectivity index (χ2v) is 22.3. The van der Waals surface area contributed by atoms with Gasteiger partial charge in [0.05, 0.1) is 11.7 Å². The smallest absolute Gasteiger partial charge is 0.338 e. The highest BCUT2D eigenvalue weighted by Crippen LogP contribution is 2.53. The number of aliphatic carboxylic acids is 1. The number of hydrogen-bond donors (Lipinski definition) is 1. The highest BCUT2D eigenvalue weighted by Gasteiger charge is 2.54. The van der Waals surface area contributed by atoms with Crippen molar-refractivity contribution in [2.24, 2.45) is 11.3 Å². The molecule has 1 N–H and O–H groups in total. The maximum Gasteiger partial charge on any atom is 0.338 e. The normalized spacial score (nSPS) is 24.2. The average Bonchev–Trinajstić information content (AvgIpc) is 3.37. The molecule has 8 heteroatoms. The molecule has 1 saturated carbocycles. The summed E-state index contributed by atoms with van der Waals surface area (Å²) in [6.07, 6.45) is 14.2. The molecule has 0 radical (unpaired) electrons. The van der Waals surface area contributed by atoms with Gasteiger partial charge in [-0.1, -0.05) is 116 Å². The van der Waals surface area contributed by atoms with Crippen LogP contribution in [0.2, 0.25) is 18.1 Å². The van der Waals surface area contributed by atoms with Gasteiger partial charge in [-0.2, -0.15) is 0 Å². The summed E-state index contributed by atoms with van der Waals surface area (Å²) in [6, 6.07) is 17.9. The fourth-order valence-corrected chi connectivity index (χ4v) is 9.54. The predicted octanol–water partition coefficient (Wildman–Crippen LogP) is 12.0. The number of rotatable bonds is 21. The molecule has 53 heavy (non-hydrogen) atoms. The van der Waals surface area contributed by atoms with Crippen molar-refractivity contribution in [3.05, 3.63) is 60.2 Å². The third-order valence-corrected chi connectivity index (χ3v) is 17.0. The van der Waals surface area contributed by atoms with E-state index < -0.39 is 14.3 Å². The lowest BCUT2D eigenvalue weighted by Crippen LogP contribution is -2.44. The van der Waals surface area contributed by atoms with Crippen LogP contribution in [-0.4, -0.2) is 56.6 Å². The number of ether oxygens (including phenoxy) is 3. The fourth-order valence-electron chi connectivity index (χ4n) is 8.12. The van der Waals surface area contributed by atoms with Gasteiger partial charge in [-0.25, -0.2) is 4.79 Å². The quantitative estimate of drug-likeness (QED) is 0.0771. The molecule has 6 atom stereocenters. The number of hydrogen-bond acceptors (Lipinski definition) is 6. The van der Waals surface area contributed by atoms with Crippen LogP contribution in [0.3, 0.4) is 0 Å². The predicted molar refractivity (Wildman–Crippen MR) is 217 cm³/mol. The number of benzene rings is 2. The zero-order valence-corrected chi connectivity index (χ0v) is 35.0. The Labute approximate surface area is 322 Å². The van der Waals surface area contributed by atoms with Crippen LogP contribution in [0.15, 0.2) is 54.6 Å². The minimum Gasteiger partial charge on any atom is -0.481 e. The maximum absolute atomic E-state index is 13.9. The highest BCUT2D eigenvalue weighted by molar-refractivity contribution is 6.74. The lowest BCUT2D eigenvalue weighted by atomic mass is 9.71. The fraction of sp³-hybridized carbons (Fsp3) is 0.689. The van der Waals surface area contributed by atoms with Gasteiger partial charge in [-0.05, 0) is 98.7 Å². The van der Waals surface area contributed by atoms with Gasteiger partial charge in [0.25, 0.3) is 0 Å². The van der Waals surface area contributed by atoms with E-state index in [1.165, 1.54) is 12.8 Å². The molecule has 2 aromatic carbocycles. The van der Waals surface area contributed by atoms with Crippen molar-refractivity contribution in [1.29, 1.82) is 0 Å². The van der Waals surface area contributed by atoms with Crippen LogP contribution >= 0.6 is 0 Å². The molecule has 2 aliphatic rings. The first kappa shape index (κ1) is 43.2. The first-order valence-corrected chi connectivity index (χ1v) is 23.7. The van der Waals surface area contributed by atoms with E-state index in [-0.39, 0.29) is 53.4 Å². The summed E-state index contributed by atoms with van der Waals surface area (Å²) in [4.78, 5) is 25.1. The second-order valence-electron chi connectivity index (χ2n) is 17.5. The SMILES string of the molecule is CCCCC[C@@H](CC[C@H]1C(OC2CCCCO2)C[C@H](OC(=O)c2ccc(-c3ccccc3)cc2)[C@]1(C)CCCCCCC(=O)O)O[Si](C)(C)C(C)(C)C. The molecular weight excluding hydrogens is 681 g/mol. The zero-order valence-electron chi connectivity index (χ0n) is 34.0. The number of carbonyl (C=O) groups excluding carboxylic acids is 1. The molecule has 4 rings (SSSR count). The van der Waals surface area contributed by atoms with Crippen LogP contribution in [0.25, 0.3) is 11.1 Å². The first-order valence-electron chi connectivity index (χ1n) is 20.8. The third-order valence-electron chi connectivity index (χ3n) is 12.5. The molecule has 0 amide bonds. The monoisotopic (exact) mass is 750 g/mol. The molecule has 1 aliphatic heterocycles. The minimum absolute atomic E-state index is 0.0995. The van der Waals surface area contributed by atoms with Crippen molar-refractivity contribution in [2.45, 2.75) is 180 Å². The Hall–Kier alpha value is -2.52. The zero-order chi connectivity index (χ0) is 38.5. The van der Waals surface area contributed by atoms with Crippen molar-refractivity contribution in [2.75, 3.05) is 6.61 Å². The third kappa shape index (κ3) is 12.8. The largest absolute Gasteiger partial charge is 0.481 e. The summed E-state index contributed by atoms with van der Waals surface area (Å²) in [5.41, 5.74) is 2.40. The molecule has 1 saturated heterocycles. The Morgan fingerprint density at radius 2 is 1.62 bits per heavy atom. The lowest BCUT2D eigenvalue weighted by Gasteiger charge is -2.41. The van der Waals surface area contributed by atoms with Gasteiger partial charge < -0.3 is 23.7 Å². The van der Waals surface area contributed by atoms with E-state index in [9.17, 15) is 14.7 Å². The standard InChI is InChI=1S/C45H70O7Si/c1-8-9-13-22-37(52-53(6,7)44(2,3)4)29-30-38-39(50-42-24-17-19-32-49-42)33-40(45(38,5)31-18-11-10-16-23-41(46)47)51-43(48)36-27-25-35(26-28-36)34-20-14-12-15-21-34/h12,14-15,20-21,25-28,37-40,42H,8-11,13,16-19,22-24,29-33H2,1-7H3,(H,46,47)/t37-,38-,39?,40-,42?,45+/m0/s1. The molecule has 296 valence electrons. The Balaban J connectivity index is 1.59.